The number of nitrogens with zero attached hydrogens (tertiary/aromatic N) is 2. The summed E-state index contributed by atoms with van der Waals surface area (Å²) in [5.74, 6) is -0.755. The molecule has 0 aliphatic carbocycles. The molecule has 0 aliphatic rings. The van der Waals surface area contributed by atoms with Gasteiger partial charge in [0.1, 0.15) is 17.7 Å². The highest BCUT2D eigenvalue weighted by molar-refractivity contribution is 5.93. The Bertz CT molecular complexity index is 597. The molecule has 0 saturated carbocycles. The van der Waals surface area contributed by atoms with Crippen molar-refractivity contribution in [3.8, 4) is 0 Å². The molecule has 0 saturated heterocycles. The molecule has 18 heavy (non-hydrogen) atoms. The Morgan fingerprint density at radius 2 is 2.11 bits per heavy atom. The fourth-order valence-electron chi connectivity index (χ4n) is 1.60. The van der Waals surface area contributed by atoms with E-state index in [0.29, 0.717) is 5.82 Å². The average molecular weight is 243 g/mol. The van der Waals surface area contributed by atoms with Crippen LogP contribution in [0, 0.1) is 13.8 Å². The van der Waals surface area contributed by atoms with E-state index in [-0.39, 0.29) is 5.56 Å². The number of aryl methyl sites for hydroxylation is 1. The Balaban J connectivity index is 2.40. The SMILES string of the molecule is Cc1cccc(Nc2ncncc2C(=O)O)c1C. The monoisotopic (exact) mass is 243 g/mol. The number of carboxylic acids is 1. The van der Waals surface area contributed by atoms with Crippen LogP contribution in [-0.2, 0) is 0 Å². The lowest BCUT2D eigenvalue weighted by Gasteiger charge is -2.11. The van der Waals surface area contributed by atoms with Crippen molar-refractivity contribution in [1.29, 1.82) is 0 Å². The van der Waals surface area contributed by atoms with E-state index in [1.807, 2.05) is 32.0 Å². The number of benzene rings is 1. The molecule has 0 unspecified atom stereocenters. The van der Waals surface area contributed by atoms with Crippen LogP contribution in [0.1, 0.15) is 21.5 Å². The maximum atomic E-state index is 11.0. The fraction of sp³-hybridized carbons (Fsp3) is 0.154. The van der Waals surface area contributed by atoms with Crippen LogP contribution in [0.2, 0.25) is 0 Å². The minimum Gasteiger partial charge on any atom is -0.477 e. The van der Waals surface area contributed by atoms with Crippen LogP contribution in [0.5, 0.6) is 0 Å². The summed E-state index contributed by atoms with van der Waals surface area (Å²) in [6.07, 6.45) is 2.60. The molecule has 0 amide bonds. The first-order valence-corrected chi connectivity index (χ1v) is 5.46. The van der Waals surface area contributed by atoms with Gasteiger partial charge in [0.25, 0.3) is 0 Å². The number of aromatic nitrogens is 2. The van der Waals surface area contributed by atoms with Crippen molar-refractivity contribution in [2.45, 2.75) is 13.8 Å². The maximum absolute atomic E-state index is 11.0. The zero-order chi connectivity index (χ0) is 13.1. The zero-order valence-electron chi connectivity index (χ0n) is 10.1. The smallest absolute Gasteiger partial charge is 0.341 e. The van der Waals surface area contributed by atoms with Crippen molar-refractivity contribution in [2.24, 2.45) is 0 Å². The summed E-state index contributed by atoms with van der Waals surface area (Å²) in [7, 11) is 0. The zero-order valence-corrected chi connectivity index (χ0v) is 10.1. The molecule has 5 heteroatoms. The summed E-state index contributed by atoms with van der Waals surface area (Å²) in [5, 5.41) is 12.1. The fourth-order valence-corrected chi connectivity index (χ4v) is 1.60. The second-order valence-electron chi connectivity index (χ2n) is 3.96. The third-order valence-corrected chi connectivity index (χ3v) is 2.80. The second kappa shape index (κ2) is 4.83. The highest BCUT2D eigenvalue weighted by Crippen LogP contribution is 2.23. The van der Waals surface area contributed by atoms with Gasteiger partial charge in [0, 0.05) is 11.9 Å². The lowest BCUT2D eigenvalue weighted by molar-refractivity contribution is 0.0697. The molecular weight excluding hydrogens is 230 g/mol. The van der Waals surface area contributed by atoms with Gasteiger partial charge in [0.2, 0.25) is 0 Å². The van der Waals surface area contributed by atoms with Crippen LogP contribution in [0.25, 0.3) is 0 Å². The molecule has 0 radical (unpaired) electrons. The van der Waals surface area contributed by atoms with E-state index in [1.165, 1.54) is 12.5 Å². The van der Waals surface area contributed by atoms with Gasteiger partial charge in [-0.25, -0.2) is 14.8 Å². The first-order chi connectivity index (χ1) is 8.59. The Morgan fingerprint density at radius 3 is 2.83 bits per heavy atom. The lowest BCUT2D eigenvalue weighted by Crippen LogP contribution is -2.06. The number of carboxylic acid groups (broad SMARTS) is 1. The molecule has 2 aromatic rings. The summed E-state index contributed by atoms with van der Waals surface area (Å²) in [6.45, 7) is 3.97. The van der Waals surface area contributed by atoms with Gasteiger partial charge >= 0.3 is 5.97 Å². The number of rotatable bonds is 3. The number of carbonyl (C=O) groups is 1. The van der Waals surface area contributed by atoms with Crippen LogP contribution >= 0.6 is 0 Å². The van der Waals surface area contributed by atoms with Gasteiger partial charge in [-0.15, -0.1) is 0 Å². The van der Waals surface area contributed by atoms with Crippen LogP contribution in [-0.4, -0.2) is 21.0 Å². The van der Waals surface area contributed by atoms with E-state index in [2.05, 4.69) is 15.3 Å². The van der Waals surface area contributed by atoms with Crippen LogP contribution in [0.3, 0.4) is 0 Å². The van der Waals surface area contributed by atoms with E-state index in [0.717, 1.165) is 16.8 Å². The molecular formula is C13H13N3O2. The van der Waals surface area contributed by atoms with Gasteiger partial charge in [-0.05, 0) is 31.0 Å². The van der Waals surface area contributed by atoms with Gasteiger partial charge in [0.05, 0.1) is 0 Å². The molecule has 0 atom stereocenters. The molecule has 2 rings (SSSR count). The van der Waals surface area contributed by atoms with Crippen molar-refractivity contribution in [3.63, 3.8) is 0 Å². The van der Waals surface area contributed by atoms with Crippen molar-refractivity contribution < 1.29 is 9.90 Å². The van der Waals surface area contributed by atoms with Gasteiger partial charge in [-0.3, -0.25) is 0 Å². The molecule has 1 aromatic heterocycles. The molecule has 5 nitrogen and oxygen atoms in total. The Kier molecular flexibility index (Phi) is 3.23. The molecule has 0 bridgehead atoms. The van der Waals surface area contributed by atoms with Crippen LogP contribution in [0.4, 0.5) is 11.5 Å². The van der Waals surface area contributed by atoms with Crippen LogP contribution < -0.4 is 5.32 Å². The minimum absolute atomic E-state index is 0.0541. The normalized spacial score (nSPS) is 10.1. The maximum Gasteiger partial charge on any atom is 0.341 e. The summed E-state index contributed by atoms with van der Waals surface area (Å²) < 4.78 is 0. The molecule has 92 valence electrons. The predicted octanol–water partition coefficient (Wildman–Crippen LogP) is 2.54. The van der Waals surface area contributed by atoms with Gasteiger partial charge in [0.15, 0.2) is 0 Å². The van der Waals surface area contributed by atoms with E-state index >= 15 is 0 Å². The first kappa shape index (κ1) is 12.0. The van der Waals surface area contributed by atoms with Crippen molar-refractivity contribution in [2.75, 3.05) is 5.32 Å². The third-order valence-electron chi connectivity index (χ3n) is 2.80. The summed E-state index contributed by atoms with van der Waals surface area (Å²) >= 11 is 0. The van der Waals surface area contributed by atoms with Crippen molar-refractivity contribution in [1.82, 2.24) is 9.97 Å². The quantitative estimate of drug-likeness (QED) is 0.866. The van der Waals surface area contributed by atoms with Gasteiger partial charge < -0.3 is 10.4 Å². The highest BCUT2D eigenvalue weighted by Gasteiger charge is 2.12. The Hall–Kier alpha value is -2.43. The second-order valence-corrected chi connectivity index (χ2v) is 3.96. The van der Waals surface area contributed by atoms with Gasteiger partial charge in [-0.2, -0.15) is 0 Å². The molecule has 0 spiro atoms. The molecule has 1 heterocycles. The topological polar surface area (TPSA) is 75.1 Å². The number of anilines is 2. The lowest BCUT2D eigenvalue weighted by atomic mass is 10.1. The number of hydrogen-bond donors (Lipinski definition) is 2. The van der Waals surface area contributed by atoms with E-state index < -0.39 is 5.97 Å². The van der Waals surface area contributed by atoms with Crippen LogP contribution in [0.15, 0.2) is 30.7 Å². The largest absolute Gasteiger partial charge is 0.477 e. The Morgan fingerprint density at radius 1 is 1.33 bits per heavy atom. The van der Waals surface area contributed by atoms with E-state index in [1.54, 1.807) is 0 Å². The predicted molar refractivity (Wildman–Crippen MR) is 68.2 cm³/mol. The number of nitrogens with one attached hydrogen (secondary N) is 1. The average Bonchev–Trinajstić information content (AvgIpc) is 2.35. The molecule has 1 aromatic carbocycles. The van der Waals surface area contributed by atoms with Crippen molar-refractivity contribution in [3.05, 3.63) is 47.4 Å². The third kappa shape index (κ3) is 2.29. The standard InChI is InChI=1S/C13H13N3O2/c1-8-4-3-5-11(9(8)2)16-12-10(13(17)18)6-14-7-15-12/h3-7H,1-2H3,(H,17,18)(H,14,15,16). The number of hydrogen-bond acceptors (Lipinski definition) is 4. The Labute approximate surface area is 105 Å². The van der Waals surface area contributed by atoms with E-state index in [9.17, 15) is 4.79 Å². The number of aromatic carboxylic acids is 1. The summed E-state index contributed by atoms with van der Waals surface area (Å²) in [5.41, 5.74) is 3.09. The molecule has 2 N–H and O–H groups in total. The molecule has 0 aliphatic heterocycles. The highest BCUT2D eigenvalue weighted by atomic mass is 16.4. The summed E-state index contributed by atoms with van der Waals surface area (Å²) in [6, 6.07) is 5.79. The molecule has 0 fully saturated rings. The van der Waals surface area contributed by atoms with Crippen molar-refractivity contribution >= 4 is 17.5 Å². The minimum atomic E-state index is -1.05. The van der Waals surface area contributed by atoms with E-state index in [4.69, 9.17) is 5.11 Å². The van der Waals surface area contributed by atoms with Gasteiger partial charge in [-0.1, -0.05) is 12.1 Å². The summed E-state index contributed by atoms with van der Waals surface area (Å²) in [4.78, 5) is 18.7. The first-order valence-electron chi connectivity index (χ1n) is 5.46.